The molecule has 0 fully saturated rings. The van der Waals surface area contributed by atoms with Crippen LogP contribution in [0.1, 0.15) is 6.92 Å². The Labute approximate surface area is 94.3 Å². The maximum absolute atomic E-state index is 5.50. The molecule has 0 spiro atoms. The van der Waals surface area contributed by atoms with Gasteiger partial charge in [0.05, 0.1) is 0 Å². The number of nitrogens with zero attached hydrogens (tertiary/aromatic N) is 2. The van der Waals surface area contributed by atoms with Crippen molar-refractivity contribution in [2.24, 2.45) is 0 Å². The SMILES string of the molecule is CCNc1cccc(Oc2ncccn2)c1. The molecule has 0 saturated carbocycles. The van der Waals surface area contributed by atoms with Gasteiger partial charge in [0.1, 0.15) is 5.75 Å². The lowest BCUT2D eigenvalue weighted by Crippen LogP contribution is -1.96. The predicted molar refractivity (Wildman–Crippen MR) is 62.7 cm³/mol. The van der Waals surface area contributed by atoms with E-state index >= 15 is 0 Å². The molecule has 1 aromatic carbocycles. The standard InChI is InChI=1S/C12H13N3O/c1-2-13-10-5-3-6-11(9-10)16-12-14-7-4-8-15-12/h3-9,13H,2H2,1H3. The summed E-state index contributed by atoms with van der Waals surface area (Å²) >= 11 is 0. The van der Waals surface area contributed by atoms with Crippen LogP contribution in [0, 0.1) is 0 Å². The first-order valence-electron chi connectivity index (χ1n) is 5.17. The van der Waals surface area contributed by atoms with Crippen LogP contribution in [-0.4, -0.2) is 16.5 Å². The van der Waals surface area contributed by atoms with E-state index in [2.05, 4.69) is 15.3 Å². The molecule has 1 aromatic heterocycles. The van der Waals surface area contributed by atoms with Crippen molar-refractivity contribution >= 4 is 5.69 Å². The molecular formula is C12H13N3O. The summed E-state index contributed by atoms with van der Waals surface area (Å²) in [7, 11) is 0. The van der Waals surface area contributed by atoms with Crippen LogP contribution in [0.4, 0.5) is 5.69 Å². The normalized spacial score (nSPS) is 9.81. The highest BCUT2D eigenvalue weighted by Gasteiger charge is 1.99. The Bertz CT molecular complexity index is 445. The van der Waals surface area contributed by atoms with Gasteiger partial charge < -0.3 is 10.1 Å². The third-order valence-electron chi connectivity index (χ3n) is 1.97. The highest BCUT2D eigenvalue weighted by atomic mass is 16.5. The Hall–Kier alpha value is -2.10. The maximum Gasteiger partial charge on any atom is 0.321 e. The summed E-state index contributed by atoms with van der Waals surface area (Å²) in [5.41, 5.74) is 1.02. The largest absolute Gasteiger partial charge is 0.424 e. The Morgan fingerprint density at radius 1 is 1.19 bits per heavy atom. The number of ether oxygens (including phenoxy) is 1. The van der Waals surface area contributed by atoms with E-state index in [-0.39, 0.29) is 0 Å². The van der Waals surface area contributed by atoms with E-state index < -0.39 is 0 Å². The molecule has 0 unspecified atom stereocenters. The van der Waals surface area contributed by atoms with Gasteiger partial charge in [0.2, 0.25) is 0 Å². The molecule has 0 aliphatic rings. The highest BCUT2D eigenvalue weighted by Crippen LogP contribution is 2.20. The van der Waals surface area contributed by atoms with E-state index in [1.165, 1.54) is 0 Å². The van der Waals surface area contributed by atoms with Crippen LogP contribution in [0.25, 0.3) is 0 Å². The minimum Gasteiger partial charge on any atom is -0.424 e. The van der Waals surface area contributed by atoms with Crippen molar-refractivity contribution in [1.29, 1.82) is 0 Å². The fourth-order valence-corrected chi connectivity index (χ4v) is 1.32. The van der Waals surface area contributed by atoms with Gasteiger partial charge in [-0.2, -0.15) is 0 Å². The van der Waals surface area contributed by atoms with Gasteiger partial charge in [0.15, 0.2) is 0 Å². The highest BCUT2D eigenvalue weighted by molar-refractivity contribution is 5.48. The summed E-state index contributed by atoms with van der Waals surface area (Å²) in [6.45, 7) is 2.93. The van der Waals surface area contributed by atoms with Crippen molar-refractivity contribution in [3.05, 3.63) is 42.7 Å². The van der Waals surface area contributed by atoms with Crippen molar-refractivity contribution in [3.8, 4) is 11.8 Å². The zero-order chi connectivity index (χ0) is 11.2. The molecule has 2 rings (SSSR count). The Morgan fingerprint density at radius 3 is 2.75 bits per heavy atom. The number of hydrogen-bond donors (Lipinski definition) is 1. The van der Waals surface area contributed by atoms with Crippen LogP contribution in [-0.2, 0) is 0 Å². The fourth-order valence-electron chi connectivity index (χ4n) is 1.32. The Balaban J connectivity index is 2.12. The summed E-state index contributed by atoms with van der Waals surface area (Å²) in [6, 6.07) is 9.81. The number of anilines is 1. The molecule has 4 nitrogen and oxygen atoms in total. The lowest BCUT2D eigenvalue weighted by molar-refractivity contribution is 0.442. The molecule has 0 aliphatic carbocycles. The second-order valence-electron chi connectivity index (χ2n) is 3.19. The van der Waals surface area contributed by atoms with E-state index in [1.807, 2.05) is 31.2 Å². The van der Waals surface area contributed by atoms with Crippen molar-refractivity contribution in [3.63, 3.8) is 0 Å². The fraction of sp³-hybridized carbons (Fsp3) is 0.167. The minimum absolute atomic E-state index is 0.358. The smallest absolute Gasteiger partial charge is 0.321 e. The quantitative estimate of drug-likeness (QED) is 0.851. The van der Waals surface area contributed by atoms with Gasteiger partial charge in [-0.05, 0) is 25.1 Å². The minimum atomic E-state index is 0.358. The molecule has 1 heterocycles. The lowest BCUT2D eigenvalue weighted by atomic mass is 10.3. The molecule has 1 N–H and O–H groups in total. The maximum atomic E-state index is 5.50. The third-order valence-corrected chi connectivity index (χ3v) is 1.97. The molecule has 0 saturated heterocycles. The van der Waals surface area contributed by atoms with E-state index in [9.17, 15) is 0 Å². The van der Waals surface area contributed by atoms with Crippen molar-refractivity contribution in [2.45, 2.75) is 6.92 Å². The molecule has 0 atom stereocenters. The van der Waals surface area contributed by atoms with E-state index in [4.69, 9.17) is 4.74 Å². The molecule has 16 heavy (non-hydrogen) atoms. The second kappa shape index (κ2) is 5.11. The third kappa shape index (κ3) is 2.70. The van der Waals surface area contributed by atoms with Gasteiger partial charge in [-0.3, -0.25) is 0 Å². The van der Waals surface area contributed by atoms with Crippen LogP contribution in [0.15, 0.2) is 42.7 Å². The van der Waals surface area contributed by atoms with Crippen LogP contribution in [0.5, 0.6) is 11.8 Å². The topological polar surface area (TPSA) is 47.0 Å². The average Bonchev–Trinajstić information content (AvgIpc) is 2.31. The lowest BCUT2D eigenvalue weighted by Gasteiger charge is -2.06. The molecular weight excluding hydrogens is 202 g/mol. The Morgan fingerprint density at radius 2 is 2.00 bits per heavy atom. The first kappa shape index (κ1) is 10.4. The average molecular weight is 215 g/mol. The summed E-state index contributed by atoms with van der Waals surface area (Å²) in [6.07, 6.45) is 3.30. The Kier molecular flexibility index (Phi) is 3.33. The molecule has 2 aromatic rings. The summed E-state index contributed by atoms with van der Waals surface area (Å²) in [5, 5.41) is 3.21. The number of rotatable bonds is 4. The summed E-state index contributed by atoms with van der Waals surface area (Å²) < 4.78 is 5.50. The second-order valence-corrected chi connectivity index (χ2v) is 3.19. The summed E-state index contributed by atoms with van der Waals surface area (Å²) in [5.74, 6) is 0.727. The van der Waals surface area contributed by atoms with E-state index in [0.29, 0.717) is 6.01 Å². The van der Waals surface area contributed by atoms with Gasteiger partial charge in [0.25, 0.3) is 0 Å². The monoisotopic (exact) mass is 215 g/mol. The number of aromatic nitrogens is 2. The van der Waals surface area contributed by atoms with Gasteiger partial charge >= 0.3 is 6.01 Å². The molecule has 4 heteroatoms. The molecule has 0 amide bonds. The zero-order valence-corrected chi connectivity index (χ0v) is 9.05. The van der Waals surface area contributed by atoms with Gasteiger partial charge in [-0.25, -0.2) is 9.97 Å². The van der Waals surface area contributed by atoms with Crippen LogP contribution in [0.3, 0.4) is 0 Å². The van der Waals surface area contributed by atoms with Crippen LogP contribution in [0.2, 0.25) is 0 Å². The number of hydrogen-bond acceptors (Lipinski definition) is 4. The van der Waals surface area contributed by atoms with Crippen molar-refractivity contribution in [2.75, 3.05) is 11.9 Å². The van der Waals surface area contributed by atoms with Crippen molar-refractivity contribution in [1.82, 2.24) is 9.97 Å². The van der Waals surface area contributed by atoms with Gasteiger partial charge in [-0.15, -0.1) is 0 Å². The summed E-state index contributed by atoms with van der Waals surface area (Å²) in [4.78, 5) is 7.99. The zero-order valence-electron chi connectivity index (χ0n) is 9.05. The van der Waals surface area contributed by atoms with Crippen LogP contribution >= 0.6 is 0 Å². The van der Waals surface area contributed by atoms with Crippen LogP contribution < -0.4 is 10.1 Å². The van der Waals surface area contributed by atoms with Crippen molar-refractivity contribution < 1.29 is 4.74 Å². The molecule has 0 radical (unpaired) electrons. The van der Waals surface area contributed by atoms with Gasteiger partial charge in [-0.1, -0.05) is 6.07 Å². The molecule has 0 bridgehead atoms. The predicted octanol–water partition coefficient (Wildman–Crippen LogP) is 2.70. The number of benzene rings is 1. The van der Waals surface area contributed by atoms with E-state index in [1.54, 1.807) is 18.5 Å². The molecule has 0 aliphatic heterocycles. The van der Waals surface area contributed by atoms with Gasteiger partial charge in [0, 0.05) is 30.7 Å². The van der Waals surface area contributed by atoms with E-state index in [0.717, 1.165) is 18.0 Å². The molecule has 82 valence electrons. The number of nitrogens with one attached hydrogen (secondary N) is 1. The first-order chi connectivity index (χ1) is 7.88. The first-order valence-corrected chi connectivity index (χ1v) is 5.17.